The molecule has 0 bridgehead atoms. The molecule has 1 saturated heterocycles. The van der Waals surface area contributed by atoms with Crippen LogP contribution in [0.25, 0.3) is 0 Å². The SMILES string of the molecule is CC(C)N1CCC(NC2CC2)(c2nc3c(s2)CCC3)C1. The van der Waals surface area contributed by atoms with Crippen molar-refractivity contribution in [2.75, 3.05) is 13.1 Å². The third-order valence-corrected chi connectivity index (χ3v) is 6.45. The van der Waals surface area contributed by atoms with E-state index in [4.69, 9.17) is 4.98 Å². The van der Waals surface area contributed by atoms with Gasteiger partial charge in [0.2, 0.25) is 0 Å². The largest absolute Gasteiger partial charge is 0.301 e. The zero-order valence-corrected chi connectivity index (χ0v) is 13.4. The van der Waals surface area contributed by atoms with Gasteiger partial charge in [0.1, 0.15) is 5.01 Å². The fourth-order valence-electron chi connectivity index (χ4n) is 3.65. The summed E-state index contributed by atoms with van der Waals surface area (Å²) in [6.45, 7) is 6.99. The van der Waals surface area contributed by atoms with Gasteiger partial charge in [0, 0.05) is 30.1 Å². The molecule has 20 heavy (non-hydrogen) atoms. The first-order chi connectivity index (χ1) is 9.66. The minimum absolute atomic E-state index is 0.153. The lowest BCUT2D eigenvalue weighted by molar-refractivity contribution is 0.238. The van der Waals surface area contributed by atoms with Crippen LogP contribution in [0, 0.1) is 0 Å². The van der Waals surface area contributed by atoms with Crippen LogP contribution in [0.2, 0.25) is 0 Å². The quantitative estimate of drug-likeness (QED) is 0.924. The highest BCUT2D eigenvalue weighted by atomic mass is 32.1. The van der Waals surface area contributed by atoms with Crippen LogP contribution in [0.3, 0.4) is 0 Å². The standard InChI is InChI=1S/C16H25N3S/c1-11(2)19-9-8-16(10-19,18-12-6-7-12)15-17-13-4-3-5-14(13)20-15/h11-12,18H,3-10H2,1-2H3. The Bertz CT molecular complexity index is 484. The van der Waals surface area contributed by atoms with Gasteiger partial charge in [-0.3, -0.25) is 4.90 Å². The van der Waals surface area contributed by atoms with Crippen LogP contribution >= 0.6 is 11.3 Å². The van der Waals surface area contributed by atoms with E-state index < -0.39 is 0 Å². The lowest BCUT2D eigenvalue weighted by Crippen LogP contribution is -2.46. The number of hydrogen-bond donors (Lipinski definition) is 1. The number of aryl methyl sites for hydroxylation is 2. The first-order valence-corrected chi connectivity index (χ1v) is 8.99. The van der Waals surface area contributed by atoms with Gasteiger partial charge in [-0.2, -0.15) is 0 Å². The van der Waals surface area contributed by atoms with Crippen LogP contribution in [0.4, 0.5) is 0 Å². The van der Waals surface area contributed by atoms with E-state index >= 15 is 0 Å². The second-order valence-electron chi connectivity index (χ2n) is 7.06. The van der Waals surface area contributed by atoms with Gasteiger partial charge in [0.15, 0.2) is 0 Å². The van der Waals surface area contributed by atoms with Crippen LogP contribution < -0.4 is 5.32 Å². The summed E-state index contributed by atoms with van der Waals surface area (Å²) in [5.74, 6) is 0. The molecule has 4 rings (SSSR count). The summed E-state index contributed by atoms with van der Waals surface area (Å²) in [6.07, 6.45) is 7.73. The molecule has 110 valence electrons. The summed E-state index contributed by atoms with van der Waals surface area (Å²) in [4.78, 5) is 9.23. The maximum absolute atomic E-state index is 5.05. The molecule has 0 spiro atoms. The van der Waals surface area contributed by atoms with Gasteiger partial charge in [-0.1, -0.05) is 0 Å². The van der Waals surface area contributed by atoms with E-state index in [1.807, 2.05) is 11.3 Å². The summed E-state index contributed by atoms with van der Waals surface area (Å²) in [5, 5.41) is 5.35. The zero-order valence-electron chi connectivity index (χ0n) is 12.6. The minimum Gasteiger partial charge on any atom is -0.301 e. The predicted molar refractivity (Wildman–Crippen MR) is 83.3 cm³/mol. The molecule has 1 aromatic heterocycles. The van der Waals surface area contributed by atoms with E-state index in [1.54, 1.807) is 4.88 Å². The second kappa shape index (κ2) is 4.79. The van der Waals surface area contributed by atoms with Crippen molar-refractivity contribution in [1.82, 2.24) is 15.2 Å². The van der Waals surface area contributed by atoms with Gasteiger partial charge in [-0.25, -0.2) is 4.98 Å². The monoisotopic (exact) mass is 291 g/mol. The Balaban J connectivity index is 1.64. The van der Waals surface area contributed by atoms with Crippen LogP contribution in [0.5, 0.6) is 0 Å². The first-order valence-electron chi connectivity index (χ1n) is 8.17. The third-order valence-electron chi connectivity index (χ3n) is 5.09. The number of thiazole rings is 1. The summed E-state index contributed by atoms with van der Waals surface area (Å²) in [6, 6.07) is 1.39. The van der Waals surface area contributed by atoms with Crippen molar-refractivity contribution < 1.29 is 0 Å². The molecule has 0 amide bonds. The second-order valence-corrected chi connectivity index (χ2v) is 8.14. The van der Waals surface area contributed by atoms with Crippen molar-refractivity contribution in [3.05, 3.63) is 15.6 Å². The maximum atomic E-state index is 5.05. The highest BCUT2D eigenvalue weighted by Crippen LogP contribution is 2.41. The topological polar surface area (TPSA) is 28.2 Å². The Kier molecular flexibility index (Phi) is 3.17. The number of fused-ring (bicyclic) bond motifs is 1. The molecule has 0 radical (unpaired) electrons. The van der Waals surface area contributed by atoms with Crippen molar-refractivity contribution >= 4 is 11.3 Å². The molecule has 1 saturated carbocycles. The molecular formula is C16H25N3S. The molecule has 3 aliphatic rings. The number of rotatable bonds is 4. The number of aromatic nitrogens is 1. The Morgan fingerprint density at radius 2 is 2.20 bits per heavy atom. The van der Waals surface area contributed by atoms with Crippen molar-refractivity contribution in [2.45, 2.75) is 70.0 Å². The summed E-state index contributed by atoms with van der Waals surface area (Å²) in [5.41, 5.74) is 1.56. The van der Waals surface area contributed by atoms with E-state index in [0.29, 0.717) is 6.04 Å². The molecule has 3 nitrogen and oxygen atoms in total. The molecule has 1 unspecified atom stereocenters. The summed E-state index contributed by atoms with van der Waals surface area (Å²) in [7, 11) is 0. The number of hydrogen-bond acceptors (Lipinski definition) is 4. The molecule has 1 aromatic rings. The van der Waals surface area contributed by atoms with E-state index in [0.717, 1.165) is 12.6 Å². The molecule has 2 heterocycles. The number of nitrogens with zero attached hydrogens (tertiary/aromatic N) is 2. The number of nitrogens with one attached hydrogen (secondary N) is 1. The van der Waals surface area contributed by atoms with Crippen LogP contribution in [-0.2, 0) is 18.4 Å². The molecule has 2 fully saturated rings. The van der Waals surface area contributed by atoms with Gasteiger partial charge in [-0.15, -0.1) is 11.3 Å². The van der Waals surface area contributed by atoms with Gasteiger partial charge in [-0.05, 0) is 52.4 Å². The average Bonchev–Trinajstić information content (AvgIpc) is 2.82. The van der Waals surface area contributed by atoms with Crippen molar-refractivity contribution in [3.63, 3.8) is 0 Å². The van der Waals surface area contributed by atoms with E-state index in [2.05, 4.69) is 24.1 Å². The summed E-state index contributed by atoms with van der Waals surface area (Å²) >= 11 is 2.00. The average molecular weight is 291 g/mol. The lowest BCUT2D eigenvalue weighted by atomic mass is 9.99. The van der Waals surface area contributed by atoms with Crippen molar-refractivity contribution in [1.29, 1.82) is 0 Å². The van der Waals surface area contributed by atoms with Gasteiger partial charge in [0.25, 0.3) is 0 Å². The molecule has 1 atom stereocenters. The van der Waals surface area contributed by atoms with Gasteiger partial charge < -0.3 is 5.32 Å². The van der Waals surface area contributed by atoms with Gasteiger partial charge >= 0.3 is 0 Å². The van der Waals surface area contributed by atoms with E-state index in [-0.39, 0.29) is 5.54 Å². The fraction of sp³-hybridized carbons (Fsp3) is 0.812. The van der Waals surface area contributed by atoms with Crippen LogP contribution in [0.1, 0.15) is 55.1 Å². The zero-order chi connectivity index (χ0) is 13.7. The third kappa shape index (κ3) is 2.22. The van der Waals surface area contributed by atoms with E-state index in [1.165, 1.54) is 55.8 Å². The first kappa shape index (κ1) is 13.2. The van der Waals surface area contributed by atoms with Gasteiger partial charge in [0.05, 0.1) is 11.2 Å². The fourth-order valence-corrected chi connectivity index (χ4v) is 4.97. The molecular weight excluding hydrogens is 266 g/mol. The Morgan fingerprint density at radius 3 is 2.85 bits per heavy atom. The number of likely N-dealkylation sites (tertiary alicyclic amines) is 1. The molecule has 0 aromatic carbocycles. The molecule has 1 N–H and O–H groups in total. The maximum Gasteiger partial charge on any atom is 0.115 e. The smallest absolute Gasteiger partial charge is 0.115 e. The Labute approximate surface area is 125 Å². The molecule has 4 heteroatoms. The highest BCUT2D eigenvalue weighted by molar-refractivity contribution is 7.12. The predicted octanol–water partition coefficient (Wildman–Crippen LogP) is 2.69. The normalized spacial score (nSPS) is 30.4. The Morgan fingerprint density at radius 1 is 1.35 bits per heavy atom. The van der Waals surface area contributed by atoms with Crippen molar-refractivity contribution in [2.24, 2.45) is 0 Å². The molecule has 2 aliphatic carbocycles. The van der Waals surface area contributed by atoms with Crippen molar-refractivity contribution in [3.8, 4) is 0 Å². The minimum atomic E-state index is 0.153. The highest BCUT2D eigenvalue weighted by Gasteiger charge is 2.46. The van der Waals surface area contributed by atoms with Crippen LogP contribution in [-0.4, -0.2) is 35.1 Å². The Hall–Kier alpha value is -0.450. The van der Waals surface area contributed by atoms with E-state index in [9.17, 15) is 0 Å². The van der Waals surface area contributed by atoms with Crippen LogP contribution in [0.15, 0.2) is 0 Å². The lowest BCUT2D eigenvalue weighted by Gasteiger charge is -2.30. The summed E-state index contributed by atoms with van der Waals surface area (Å²) < 4.78 is 0. The molecule has 1 aliphatic heterocycles.